The summed E-state index contributed by atoms with van der Waals surface area (Å²) in [7, 11) is 0. The van der Waals surface area contributed by atoms with Gasteiger partial charge in [-0.15, -0.1) is 0 Å². The lowest BCUT2D eigenvalue weighted by Gasteiger charge is -2.29. The normalized spacial score (nSPS) is 26.8. The summed E-state index contributed by atoms with van der Waals surface area (Å²) in [6.45, 7) is 0. The molecule has 2 atom stereocenters. The third-order valence-electron chi connectivity index (χ3n) is 3.76. The molecule has 0 radical (unpaired) electrons. The quantitative estimate of drug-likeness (QED) is 0.793. The van der Waals surface area contributed by atoms with Crippen molar-refractivity contribution in [2.75, 3.05) is 4.90 Å². The van der Waals surface area contributed by atoms with E-state index in [9.17, 15) is 14.7 Å². The molecule has 2 amide bonds. The molecule has 1 aliphatic carbocycles. The number of benzene rings is 1. The highest BCUT2D eigenvalue weighted by molar-refractivity contribution is 6.32. The van der Waals surface area contributed by atoms with Crippen molar-refractivity contribution in [1.82, 2.24) is 0 Å². The number of carbonyl (C=O) groups is 2. The maximum atomic E-state index is 12.2. The number of aromatic hydroxyl groups is 1. The van der Waals surface area contributed by atoms with E-state index in [1.54, 1.807) is 6.07 Å². The lowest BCUT2D eigenvalue weighted by Crippen LogP contribution is -2.46. The van der Waals surface area contributed by atoms with Gasteiger partial charge in [0.2, 0.25) is 11.8 Å². The minimum atomic E-state index is -0.157. The van der Waals surface area contributed by atoms with E-state index in [0.29, 0.717) is 12.1 Å². The fourth-order valence-corrected chi connectivity index (χ4v) is 2.92. The summed E-state index contributed by atoms with van der Waals surface area (Å²) in [5, 5.41) is 9.78. The maximum absolute atomic E-state index is 12.2. The Kier molecular flexibility index (Phi) is 2.55. The van der Waals surface area contributed by atoms with Crippen LogP contribution in [0, 0.1) is 11.8 Å². The second-order valence-corrected chi connectivity index (χ2v) is 5.26. The van der Waals surface area contributed by atoms with Gasteiger partial charge in [0.15, 0.2) is 0 Å². The first-order chi connectivity index (χ1) is 8.58. The second kappa shape index (κ2) is 3.99. The lowest BCUT2D eigenvalue weighted by molar-refractivity contribution is -0.132. The molecule has 0 aromatic heterocycles. The van der Waals surface area contributed by atoms with Crippen LogP contribution in [0.4, 0.5) is 5.69 Å². The molecule has 1 aliphatic heterocycles. The summed E-state index contributed by atoms with van der Waals surface area (Å²) in [6.07, 6.45) is 2.24. The van der Waals surface area contributed by atoms with Crippen molar-refractivity contribution in [3.8, 4) is 5.75 Å². The summed E-state index contributed by atoms with van der Waals surface area (Å²) in [4.78, 5) is 25.6. The van der Waals surface area contributed by atoms with Gasteiger partial charge in [0.1, 0.15) is 5.75 Å². The van der Waals surface area contributed by atoms with Crippen LogP contribution in [0.15, 0.2) is 18.2 Å². The van der Waals surface area contributed by atoms with Crippen LogP contribution in [0.3, 0.4) is 0 Å². The summed E-state index contributed by atoms with van der Waals surface area (Å²) < 4.78 is 0. The molecule has 94 valence electrons. The van der Waals surface area contributed by atoms with Gasteiger partial charge in [-0.05, 0) is 31.4 Å². The Morgan fingerprint density at radius 3 is 2.33 bits per heavy atom. The van der Waals surface area contributed by atoms with E-state index in [-0.39, 0.29) is 34.4 Å². The smallest absolute Gasteiger partial charge is 0.236 e. The predicted octanol–water partition coefficient (Wildman–Crippen LogP) is 2.34. The molecule has 2 bridgehead atoms. The van der Waals surface area contributed by atoms with Crippen molar-refractivity contribution in [2.45, 2.75) is 19.3 Å². The summed E-state index contributed by atoms with van der Waals surface area (Å²) in [6, 6.07) is 4.44. The van der Waals surface area contributed by atoms with Gasteiger partial charge in [0.25, 0.3) is 0 Å². The predicted molar refractivity (Wildman–Crippen MR) is 66.4 cm³/mol. The number of carbonyl (C=O) groups excluding carboxylic acids is 2. The molecule has 18 heavy (non-hydrogen) atoms. The Labute approximate surface area is 109 Å². The number of imide groups is 1. The summed E-state index contributed by atoms with van der Waals surface area (Å²) >= 11 is 5.72. The Morgan fingerprint density at radius 1 is 1.17 bits per heavy atom. The van der Waals surface area contributed by atoms with Gasteiger partial charge >= 0.3 is 0 Å². The van der Waals surface area contributed by atoms with Gasteiger partial charge in [-0.2, -0.15) is 0 Å². The average molecular weight is 266 g/mol. The highest BCUT2D eigenvalue weighted by Gasteiger charge is 2.45. The van der Waals surface area contributed by atoms with Crippen molar-refractivity contribution in [3.63, 3.8) is 0 Å². The number of amides is 2. The molecule has 0 spiro atoms. The number of anilines is 1. The number of halogens is 1. The van der Waals surface area contributed by atoms with Gasteiger partial charge in [0, 0.05) is 17.9 Å². The fraction of sp³-hybridized carbons (Fsp3) is 0.385. The second-order valence-electron chi connectivity index (χ2n) is 4.85. The Bertz CT molecular complexity index is 521. The highest BCUT2D eigenvalue weighted by Crippen LogP contribution is 2.41. The van der Waals surface area contributed by atoms with Crippen LogP contribution in [0.25, 0.3) is 0 Å². The number of piperidine rings is 1. The summed E-state index contributed by atoms with van der Waals surface area (Å²) in [5.41, 5.74) is 0.406. The summed E-state index contributed by atoms with van der Waals surface area (Å²) in [5.74, 6) is -0.533. The average Bonchev–Trinajstić information content (AvgIpc) is 2.78. The molecule has 2 fully saturated rings. The largest absolute Gasteiger partial charge is 0.506 e. The first-order valence-electron chi connectivity index (χ1n) is 5.94. The fourth-order valence-electron chi connectivity index (χ4n) is 2.80. The number of nitrogens with zero attached hydrogens (tertiary/aromatic N) is 1. The number of fused-ring (bicyclic) bond motifs is 2. The Morgan fingerprint density at radius 2 is 1.78 bits per heavy atom. The van der Waals surface area contributed by atoms with E-state index in [1.807, 2.05) is 0 Å². The third-order valence-corrected chi connectivity index (χ3v) is 4.08. The molecule has 2 unspecified atom stereocenters. The molecule has 4 nitrogen and oxygen atoms in total. The number of hydrogen-bond acceptors (Lipinski definition) is 3. The minimum absolute atomic E-state index is 0.0504. The molecule has 1 aromatic rings. The third kappa shape index (κ3) is 1.60. The van der Waals surface area contributed by atoms with Crippen LogP contribution < -0.4 is 4.90 Å². The van der Waals surface area contributed by atoms with E-state index in [2.05, 4.69) is 0 Å². The Hall–Kier alpha value is -1.55. The lowest BCUT2D eigenvalue weighted by atomic mass is 9.96. The SMILES string of the molecule is O=C1C2CCC(C2)C(=O)N1c1ccc(Cl)c(O)c1. The molecule has 1 saturated heterocycles. The first kappa shape index (κ1) is 11.5. The van der Waals surface area contributed by atoms with E-state index < -0.39 is 0 Å². The topological polar surface area (TPSA) is 57.6 Å². The number of rotatable bonds is 1. The van der Waals surface area contributed by atoms with E-state index in [0.717, 1.165) is 12.8 Å². The van der Waals surface area contributed by atoms with Crippen LogP contribution >= 0.6 is 11.6 Å². The molecule has 3 rings (SSSR count). The zero-order chi connectivity index (χ0) is 12.9. The Balaban J connectivity index is 2.02. The molecule has 1 N–H and O–H groups in total. The van der Waals surface area contributed by atoms with Gasteiger partial charge in [0.05, 0.1) is 10.7 Å². The van der Waals surface area contributed by atoms with Crippen molar-refractivity contribution in [2.24, 2.45) is 11.8 Å². The maximum Gasteiger partial charge on any atom is 0.236 e. The van der Waals surface area contributed by atoms with Crippen LogP contribution in [0.1, 0.15) is 19.3 Å². The van der Waals surface area contributed by atoms with E-state index >= 15 is 0 Å². The molecular formula is C13H12ClNO3. The van der Waals surface area contributed by atoms with Gasteiger partial charge in [-0.1, -0.05) is 11.6 Å². The highest BCUT2D eigenvalue weighted by atomic mass is 35.5. The number of phenolic OH excluding ortho intramolecular Hbond substituents is 1. The van der Waals surface area contributed by atoms with E-state index in [1.165, 1.54) is 17.0 Å². The van der Waals surface area contributed by atoms with Crippen LogP contribution in [-0.2, 0) is 9.59 Å². The molecular weight excluding hydrogens is 254 g/mol. The van der Waals surface area contributed by atoms with Crippen LogP contribution in [0.2, 0.25) is 5.02 Å². The zero-order valence-corrected chi connectivity index (χ0v) is 10.4. The molecule has 1 heterocycles. The molecule has 5 heteroatoms. The first-order valence-corrected chi connectivity index (χ1v) is 6.32. The molecule has 1 saturated carbocycles. The van der Waals surface area contributed by atoms with Crippen molar-refractivity contribution in [3.05, 3.63) is 23.2 Å². The standard InChI is InChI=1S/C13H12ClNO3/c14-10-4-3-9(6-11(10)16)15-12(17)7-1-2-8(5-7)13(15)18/h3-4,6-8,16H,1-2,5H2. The monoisotopic (exact) mass is 265 g/mol. The van der Waals surface area contributed by atoms with Crippen molar-refractivity contribution >= 4 is 29.1 Å². The van der Waals surface area contributed by atoms with Gasteiger partial charge in [-0.25, -0.2) is 4.90 Å². The number of phenols is 1. The van der Waals surface area contributed by atoms with Crippen molar-refractivity contribution < 1.29 is 14.7 Å². The van der Waals surface area contributed by atoms with Crippen LogP contribution in [0.5, 0.6) is 5.75 Å². The van der Waals surface area contributed by atoms with E-state index in [4.69, 9.17) is 11.6 Å². The molecule has 2 aliphatic rings. The van der Waals surface area contributed by atoms with Gasteiger partial charge < -0.3 is 5.11 Å². The minimum Gasteiger partial charge on any atom is -0.506 e. The van der Waals surface area contributed by atoms with Crippen LogP contribution in [-0.4, -0.2) is 16.9 Å². The zero-order valence-electron chi connectivity index (χ0n) is 9.60. The van der Waals surface area contributed by atoms with Crippen molar-refractivity contribution in [1.29, 1.82) is 0 Å². The number of hydrogen-bond donors (Lipinski definition) is 1. The molecule has 1 aromatic carbocycles. The van der Waals surface area contributed by atoms with Gasteiger partial charge in [-0.3, -0.25) is 9.59 Å².